The third kappa shape index (κ3) is 2.97. The smallest absolute Gasteiger partial charge is 0.247 e. The number of aromatic nitrogens is 2. The van der Waals surface area contributed by atoms with Crippen LogP contribution >= 0.6 is 0 Å². The standard InChI is InChI=1S/C14H16N2O2/c1-3-5-13-15-16-14(18-13)11-6-8-12(9-7-11)17-10-4-2/h4,6-9H,2-3,5,10H2,1H3. The topological polar surface area (TPSA) is 48.2 Å². The van der Waals surface area contributed by atoms with Crippen molar-refractivity contribution in [2.75, 3.05) is 6.61 Å². The Morgan fingerprint density at radius 3 is 2.72 bits per heavy atom. The lowest BCUT2D eigenvalue weighted by atomic mass is 10.2. The number of nitrogens with zero attached hydrogens (tertiary/aromatic N) is 2. The fourth-order valence-electron chi connectivity index (χ4n) is 1.53. The molecule has 94 valence electrons. The number of benzene rings is 1. The van der Waals surface area contributed by atoms with Crippen LogP contribution in [0.2, 0.25) is 0 Å². The minimum Gasteiger partial charge on any atom is -0.490 e. The Kier molecular flexibility index (Phi) is 4.12. The van der Waals surface area contributed by atoms with Crippen molar-refractivity contribution in [2.24, 2.45) is 0 Å². The molecule has 0 aliphatic rings. The van der Waals surface area contributed by atoms with E-state index in [0.717, 1.165) is 24.2 Å². The maximum atomic E-state index is 5.55. The van der Waals surface area contributed by atoms with Gasteiger partial charge < -0.3 is 9.15 Å². The zero-order valence-electron chi connectivity index (χ0n) is 10.4. The van der Waals surface area contributed by atoms with Crippen LogP contribution in [0.4, 0.5) is 0 Å². The lowest BCUT2D eigenvalue weighted by molar-refractivity contribution is 0.363. The van der Waals surface area contributed by atoms with Crippen LogP contribution in [0, 0.1) is 0 Å². The van der Waals surface area contributed by atoms with Crippen molar-refractivity contribution < 1.29 is 9.15 Å². The van der Waals surface area contributed by atoms with E-state index < -0.39 is 0 Å². The predicted molar refractivity (Wildman–Crippen MR) is 69.4 cm³/mol. The molecule has 4 heteroatoms. The molecule has 0 spiro atoms. The fourth-order valence-corrected chi connectivity index (χ4v) is 1.53. The highest BCUT2D eigenvalue weighted by molar-refractivity contribution is 5.53. The minimum absolute atomic E-state index is 0.501. The summed E-state index contributed by atoms with van der Waals surface area (Å²) in [4.78, 5) is 0. The summed E-state index contributed by atoms with van der Waals surface area (Å²) in [6.45, 7) is 6.18. The maximum Gasteiger partial charge on any atom is 0.247 e. The molecule has 0 saturated carbocycles. The number of ether oxygens (including phenoxy) is 1. The molecular formula is C14H16N2O2. The van der Waals surface area contributed by atoms with Crippen LogP contribution in [-0.2, 0) is 6.42 Å². The molecule has 18 heavy (non-hydrogen) atoms. The summed E-state index contributed by atoms with van der Waals surface area (Å²) >= 11 is 0. The normalized spacial score (nSPS) is 10.3. The summed E-state index contributed by atoms with van der Waals surface area (Å²) in [6, 6.07) is 7.56. The van der Waals surface area contributed by atoms with Gasteiger partial charge in [0, 0.05) is 12.0 Å². The fraction of sp³-hybridized carbons (Fsp3) is 0.286. The Morgan fingerprint density at radius 2 is 2.06 bits per heavy atom. The molecule has 0 aliphatic heterocycles. The molecule has 4 nitrogen and oxygen atoms in total. The maximum absolute atomic E-state index is 5.55. The number of rotatable bonds is 6. The first-order chi connectivity index (χ1) is 8.83. The third-order valence-electron chi connectivity index (χ3n) is 2.40. The van der Waals surface area contributed by atoms with Gasteiger partial charge in [0.2, 0.25) is 11.8 Å². The van der Waals surface area contributed by atoms with Crippen molar-refractivity contribution in [2.45, 2.75) is 19.8 Å². The molecule has 0 saturated heterocycles. The molecule has 0 aliphatic carbocycles. The summed E-state index contributed by atoms with van der Waals surface area (Å²) in [5.41, 5.74) is 0.899. The zero-order valence-corrected chi connectivity index (χ0v) is 10.4. The first-order valence-electron chi connectivity index (χ1n) is 6.00. The van der Waals surface area contributed by atoms with E-state index in [1.165, 1.54) is 0 Å². The third-order valence-corrected chi connectivity index (χ3v) is 2.40. The summed E-state index contributed by atoms with van der Waals surface area (Å²) in [7, 11) is 0. The monoisotopic (exact) mass is 244 g/mol. The number of hydrogen-bond acceptors (Lipinski definition) is 4. The Balaban J connectivity index is 2.10. The summed E-state index contributed by atoms with van der Waals surface area (Å²) < 4.78 is 11.0. The number of hydrogen-bond donors (Lipinski definition) is 0. The first-order valence-corrected chi connectivity index (χ1v) is 6.00. The van der Waals surface area contributed by atoms with E-state index in [1.54, 1.807) is 6.08 Å². The van der Waals surface area contributed by atoms with E-state index in [4.69, 9.17) is 9.15 Å². The quantitative estimate of drug-likeness (QED) is 0.732. The van der Waals surface area contributed by atoms with E-state index in [2.05, 4.69) is 23.7 Å². The van der Waals surface area contributed by atoms with Crippen molar-refractivity contribution in [1.82, 2.24) is 10.2 Å². The van der Waals surface area contributed by atoms with E-state index in [-0.39, 0.29) is 0 Å². The molecule has 2 rings (SSSR count). The molecule has 0 bridgehead atoms. The van der Waals surface area contributed by atoms with Crippen LogP contribution < -0.4 is 4.74 Å². The van der Waals surface area contributed by atoms with Crippen LogP contribution in [0.15, 0.2) is 41.3 Å². The van der Waals surface area contributed by atoms with E-state index in [0.29, 0.717) is 18.4 Å². The molecule has 1 heterocycles. The largest absolute Gasteiger partial charge is 0.490 e. The Labute approximate surface area is 106 Å². The number of aryl methyl sites for hydroxylation is 1. The molecule has 0 N–H and O–H groups in total. The highest BCUT2D eigenvalue weighted by atomic mass is 16.5. The van der Waals surface area contributed by atoms with Crippen molar-refractivity contribution in [1.29, 1.82) is 0 Å². The van der Waals surface area contributed by atoms with E-state index in [9.17, 15) is 0 Å². The van der Waals surface area contributed by atoms with E-state index >= 15 is 0 Å². The average Bonchev–Trinajstić information content (AvgIpc) is 2.86. The lowest BCUT2D eigenvalue weighted by Crippen LogP contribution is -1.92. The van der Waals surface area contributed by atoms with Gasteiger partial charge in [0.05, 0.1) is 0 Å². The molecule has 0 amide bonds. The molecule has 1 aromatic heterocycles. The molecule has 1 aromatic carbocycles. The molecule has 2 aromatic rings. The molecule has 0 fully saturated rings. The van der Waals surface area contributed by atoms with Crippen molar-refractivity contribution in [3.8, 4) is 17.2 Å². The van der Waals surface area contributed by atoms with Gasteiger partial charge in [0.15, 0.2) is 0 Å². The first kappa shape index (κ1) is 12.4. The summed E-state index contributed by atoms with van der Waals surface area (Å²) in [5, 5.41) is 8.02. The highest BCUT2D eigenvalue weighted by Gasteiger charge is 2.07. The van der Waals surface area contributed by atoms with Gasteiger partial charge in [-0.1, -0.05) is 19.6 Å². The van der Waals surface area contributed by atoms with Crippen LogP contribution in [0.3, 0.4) is 0 Å². The van der Waals surface area contributed by atoms with Crippen LogP contribution in [0.25, 0.3) is 11.5 Å². The van der Waals surface area contributed by atoms with E-state index in [1.807, 2.05) is 24.3 Å². The van der Waals surface area contributed by atoms with Crippen LogP contribution in [0.5, 0.6) is 5.75 Å². The Bertz CT molecular complexity index is 503. The zero-order chi connectivity index (χ0) is 12.8. The lowest BCUT2D eigenvalue weighted by Gasteiger charge is -2.02. The average molecular weight is 244 g/mol. The Hall–Kier alpha value is -2.10. The summed E-state index contributed by atoms with van der Waals surface area (Å²) in [5.74, 6) is 2.03. The van der Waals surface area contributed by atoms with Crippen molar-refractivity contribution in [3.05, 3.63) is 42.8 Å². The van der Waals surface area contributed by atoms with Gasteiger partial charge >= 0.3 is 0 Å². The molecular weight excluding hydrogens is 228 g/mol. The highest BCUT2D eigenvalue weighted by Crippen LogP contribution is 2.21. The van der Waals surface area contributed by atoms with Crippen molar-refractivity contribution in [3.63, 3.8) is 0 Å². The minimum atomic E-state index is 0.501. The van der Waals surface area contributed by atoms with Gasteiger partial charge in [-0.25, -0.2) is 0 Å². The van der Waals surface area contributed by atoms with Crippen molar-refractivity contribution >= 4 is 0 Å². The SMILES string of the molecule is C=CCOc1ccc(-c2nnc(CCC)o2)cc1. The second-order valence-corrected chi connectivity index (χ2v) is 3.88. The van der Waals surface area contributed by atoms with Crippen LogP contribution in [0.1, 0.15) is 19.2 Å². The van der Waals surface area contributed by atoms with Gasteiger partial charge in [0.1, 0.15) is 12.4 Å². The second-order valence-electron chi connectivity index (χ2n) is 3.88. The molecule has 0 atom stereocenters. The Morgan fingerprint density at radius 1 is 1.28 bits per heavy atom. The van der Waals surface area contributed by atoms with Gasteiger partial charge in [-0.05, 0) is 30.7 Å². The molecule has 0 radical (unpaired) electrons. The van der Waals surface area contributed by atoms with Gasteiger partial charge in [-0.15, -0.1) is 10.2 Å². The summed E-state index contributed by atoms with van der Waals surface area (Å²) in [6.07, 6.45) is 3.52. The predicted octanol–water partition coefficient (Wildman–Crippen LogP) is 3.25. The van der Waals surface area contributed by atoms with Gasteiger partial charge in [0.25, 0.3) is 0 Å². The van der Waals surface area contributed by atoms with Crippen LogP contribution in [-0.4, -0.2) is 16.8 Å². The van der Waals surface area contributed by atoms with Gasteiger partial charge in [-0.3, -0.25) is 0 Å². The second kappa shape index (κ2) is 6.00. The van der Waals surface area contributed by atoms with Gasteiger partial charge in [-0.2, -0.15) is 0 Å². The molecule has 0 unspecified atom stereocenters.